The van der Waals surface area contributed by atoms with Gasteiger partial charge < -0.3 is 9.73 Å². The van der Waals surface area contributed by atoms with E-state index in [1.54, 1.807) is 32.0 Å². The molecule has 1 aromatic heterocycles. The summed E-state index contributed by atoms with van der Waals surface area (Å²) >= 11 is 6.09. The lowest BCUT2D eigenvalue weighted by Crippen LogP contribution is -2.13. The average Bonchev–Trinajstić information content (AvgIpc) is 2.88. The van der Waals surface area contributed by atoms with E-state index in [1.807, 2.05) is 6.07 Å². The fourth-order valence-corrected chi connectivity index (χ4v) is 2.77. The van der Waals surface area contributed by atoms with Crippen molar-refractivity contribution in [1.82, 2.24) is 0 Å². The zero-order valence-electron chi connectivity index (χ0n) is 12.9. The third kappa shape index (κ3) is 2.61. The number of nitro groups is 1. The zero-order chi connectivity index (χ0) is 17.4. The molecule has 122 valence electrons. The number of nitrogens with one attached hydrogen (secondary N) is 1. The summed E-state index contributed by atoms with van der Waals surface area (Å²) in [5.74, 6) is -0.354. The first kappa shape index (κ1) is 16.0. The molecule has 7 heteroatoms. The number of nitrogens with zero attached hydrogens (tertiary/aromatic N) is 1. The number of rotatable bonds is 3. The Hall–Kier alpha value is -2.86. The monoisotopic (exact) mass is 344 g/mol. The van der Waals surface area contributed by atoms with Crippen LogP contribution in [0.25, 0.3) is 11.0 Å². The first-order chi connectivity index (χ1) is 11.4. The van der Waals surface area contributed by atoms with Gasteiger partial charge in [-0.3, -0.25) is 14.9 Å². The Bertz CT molecular complexity index is 978. The Labute approximate surface area is 142 Å². The largest absolute Gasteiger partial charge is 0.449 e. The number of anilines is 1. The molecule has 0 atom stereocenters. The maximum atomic E-state index is 12.5. The van der Waals surface area contributed by atoms with Crippen molar-refractivity contribution >= 4 is 39.9 Å². The minimum atomic E-state index is -0.489. The van der Waals surface area contributed by atoms with Gasteiger partial charge in [0.25, 0.3) is 11.6 Å². The minimum Gasteiger partial charge on any atom is -0.449 e. The SMILES string of the molecule is Cc1c(NC(=O)c2oc3c(Cl)cccc3c2C)cccc1[N+](=O)[O-]. The van der Waals surface area contributed by atoms with Crippen molar-refractivity contribution < 1.29 is 14.1 Å². The highest BCUT2D eigenvalue weighted by atomic mass is 35.5. The Kier molecular flexibility index (Phi) is 3.99. The zero-order valence-corrected chi connectivity index (χ0v) is 13.7. The molecular weight excluding hydrogens is 332 g/mol. The molecule has 0 saturated carbocycles. The van der Waals surface area contributed by atoms with Gasteiger partial charge in [0, 0.05) is 17.0 Å². The lowest BCUT2D eigenvalue weighted by Gasteiger charge is -2.07. The van der Waals surface area contributed by atoms with Crippen LogP contribution >= 0.6 is 11.6 Å². The molecule has 1 N–H and O–H groups in total. The second kappa shape index (κ2) is 5.98. The van der Waals surface area contributed by atoms with E-state index in [1.165, 1.54) is 12.1 Å². The molecule has 3 aromatic rings. The summed E-state index contributed by atoms with van der Waals surface area (Å²) in [5, 5.41) is 14.8. The van der Waals surface area contributed by atoms with Crippen molar-refractivity contribution in [3.63, 3.8) is 0 Å². The van der Waals surface area contributed by atoms with E-state index in [2.05, 4.69) is 5.32 Å². The molecule has 0 radical (unpaired) electrons. The fourth-order valence-electron chi connectivity index (χ4n) is 2.56. The molecule has 0 saturated heterocycles. The molecule has 0 fully saturated rings. The van der Waals surface area contributed by atoms with Gasteiger partial charge in [-0.1, -0.05) is 29.8 Å². The summed E-state index contributed by atoms with van der Waals surface area (Å²) in [7, 11) is 0. The molecule has 0 aliphatic heterocycles. The number of carbonyl (C=O) groups excluding carboxylic acids is 1. The van der Waals surface area contributed by atoms with Crippen molar-refractivity contribution in [2.45, 2.75) is 13.8 Å². The van der Waals surface area contributed by atoms with Crippen molar-refractivity contribution in [2.24, 2.45) is 0 Å². The lowest BCUT2D eigenvalue weighted by atomic mass is 10.1. The first-order valence-corrected chi connectivity index (χ1v) is 7.51. The van der Waals surface area contributed by atoms with Gasteiger partial charge in [0.1, 0.15) is 0 Å². The van der Waals surface area contributed by atoms with Crippen LogP contribution < -0.4 is 5.32 Å². The van der Waals surface area contributed by atoms with E-state index >= 15 is 0 Å². The Morgan fingerprint density at radius 2 is 1.88 bits per heavy atom. The number of amides is 1. The number of nitro benzene ring substituents is 1. The van der Waals surface area contributed by atoms with Crippen LogP contribution in [0.1, 0.15) is 21.7 Å². The van der Waals surface area contributed by atoms with Crippen molar-refractivity contribution in [3.05, 3.63) is 68.4 Å². The van der Waals surface area contributed by atoms with E-state index in [-0.39, 0.29) is 11.4 Å². The summed E-state index contributed by atoms with van der Waals surface area (Å²) in [6.07, 6.45) is 0. The Morgan fingerprint density at radius 1 is 1.17 bits per heavy atom. The van der Waals surface area contributed by atoms with Gasteiger partial charge in [-0.2, -0.15) is 0 Å². The quantitative estimate of drug-likeness (QED) is 0.543. The Morgan fingerprint density at radius 3 is 2.54 bits per heavy atom. The Balaban J connectivity index is 2.00. The van der Waals surface area contributed by atoms with Crippen molar-refractivity contribution in [1.29, 1.82) is 0 Å². The van der Waals surface area contributed by atoms with E-state index in [0.29, 0.717) is 27.4 Å². The molecule has 6 nitrogen and oxygen atoms in total. The number of hydrogen-bond donors (Lipinski definition) is 1. The highest BCUT2D eigenvalue weighted by Crippen LogP contribution is 2.32. The summed E-state index contributed by atoms with van der Waals surface area (Å²) < 4.78 is 5.60. The molecule has 1 heterocycles. The van der Waals surface area contributed by atoms with Gasteiger partial charge in [-0.05, 0) is 26.0 Å². The van der Waals surface area contributed by atoms with Crippen LogP contribution in [0.3, 0.4) is 0 Å². The number of aryl methyl sites for hydroxylation is 1. The van der Waals surface area contributed by atoms with Crippen LogP contribution in [0.4, 0.5) is 11.4 Å². The molecule has 0 bridgehead atoms. The standard InChI is InChI=1S/C17H13ClN2O4/c1-9-11-5-3-6-12(18)16(11)24-15(9)17(21)19-13-7-4-8-14(10(13)2)20(22)23/h3-8H,1-2H3,(H,19,21). The van der Waals surface area contributed by atoms with Gasteiger partial charge in [0.2, 0.25) is 0 Å². The molecule has 0 spiro atoms. The second-order valence-corrected chi connectivity index (χ2v) is 5.74. The van der Waals surface area contributed by atoms with Gasteiger partial charge in [0.15, 0.2) is 11.3 Å². The number of benzene rings is 2. The smallest absolute Gasteiger partial charge is 0.291 e. The maximum absolute atomic E-state index is 12.5. The number of fused-ring (bicyclic) bond motifs is 1. The van der Waals surface area contributed by atoms with Crippen molar-refractivity contribution in [2.75, 3.05) is 5.32 Å². The summed E-state index contributed by atoms with van der Waals surface area (Å²) in [6.45, 7) is 3.34. The lowest BCUT2D eigenvalue weighted by molar-refractivity contribution is -0.385. The van der Waals surface area contributed by atoms with Gasteiger partial charge in [-0.25, -0.2) is 0 Å². The fraction of sp³-hybridized carbons (Fsp3) is 0.118. The van der Waals surface area contributed by atoms with E-state index in [0.717, 1.165) is 5.39 Å². The van der Waals surface area contributed by atoms with E-state index in [9.17, 15) is 14.9 Å². The molecule has 2 aromatic carbocycles. The summed E-state index contributed by atoms with van der Waals surface area (Å²) in [6, 6.07) is 9.78. The predicted molar refractivity (Wildman–Crippen MR) is 91.7 cm³/mol. The minimum absolute atomic E-state index is 0.0582. The highest BCUT2D eigenvalue weighted by molar-refractivity contribution is 6.35. The molecule has 0 aliphatic rings. The first-order valence-electron chi connectivity index (χ1n) is 7.13. The molecular formula is C17H13ClN2O4. The number of halogens is 1. The van der Waals surface area contributed by atoms with Crippen LogP contribution in [0.5, 0.6) is 0 Å². The molecule has 0 unspecified atom stereocenters. The molecule has 24 heavy (non-hydrogen) atoms. The van der Waals surface area contributed by atoms with Gasteiger partial charge in [-0.15, -0.1) is 0 Å². The molecule has 0 aliphatic carbocycles. The normalized spacial score (nSPS) is 10.8. The summed E-state index contributed by atoms with van der Waals surface area (Å²) in [4.78, 5) is 23.0. The number of hydrogen-bond acceptors (Lipinski definition) is 4. The number of para-hydroxylation sites is 1. The van der Waals surface area contributed by atoms with Crippen LogP contribution in [0.2, 0.25) is 5.02 Å². The molecule has 1 amide bonds. The van der Waals surface area contributed by atoms with Crippen LogP contribution in [0, 0.1) is 24.0 Å². The average molecular weight is 345 g/mol. The van der Waals surface area contributed by atoms with Crippen molar-refractivity contribution in [3.8, 4) is 0 Å². The molecule has 3 rings (SSSR count). The third-order valence-electron chi connectivity index (χ3n) is 3.87. The maximum Gasteiger partial charge on any atom is 0.291 e. The predicted octanol–water partition coefficient (Wildman–Crippen LogP) is 4.86. The van der Waals surface area contributed by atoms with Gasteiger partial charge in [0.05, 0.1) is 21.2 Å². The van der Waals surface area contributed by atoms with Crippen LogP contribution in [-0.4, -0.2) is 10.8 Å². The van der Waals surface area contributed by atoms with E-state index < -0.39 is 10.8 Å². The topological polar surface area (TPSA) is 85.4 Å². The van der Waals surface area contributed by atoms with Crippen LogP contribution in [0.15, 0.2) is 40.8 Å². The number of carbonyl (C=O) groups is 1. The third-order valence-corrected chi connectivity index (χ3v) is 4.17. The van der Waals surface area contributed by atoms with Crippen LogP contribution in [-0.2, 0) is 0 Å². The second-order valence-electron chi connectivity index (χ2n) is 5.33. The van der Waals surface area contributed by atoms with E-state index in [4.69, 9.17) is 16.0 Å². The summed E-state index contributed by atoms with van der Waals surface area (Å²) in [5.41, 5.74) is 1.78. The number of furan rings is 1. The van der Waals surface area contributed by atoms with Gasteiger partial charge >= 0.3 is 0 Å². The highest BCUT2D eigenvalue weighted by Gasteiger charge is 2.21.